The van der Waals surface area contributed by atoms with Gasteiger partial charge in [-0.1, -0.05) is 32.1 Å². The van der Waals surface area contributed by atoms with Crippen LogP contribution in [0.5, 0.6) is 0 Å². The third-order valence-electron chi connectivity index (χ3n) is 2.84. The summed E-state index contributed by atoms with van der Waals surface area (Å²) in [7, 11) is 0. The molecule has 2 rings (SSSR count). The molecule has 21 heavy (non-hydrogen) atoms. The molecule has 0 saturated carbocycles. The van der Waals surface area contributed by atoms with Crippen molar-refractivity contribution < 1.29 is 4.79 Å². The van der Waals surface area contributed by atoms with E-state index < -0.39 is 0 Å². The molecule has 1 amide bonds. The maximum absolute atomic E-state index is 11.8. The Balaban J connectivity index is 2.00. The highest BCUT2D eigenvalue weighted by molar-refractivity contribution is 7.15. The zero-order chi connectivity index (χ0) is 15.6. The first kappa shape index (κ1) is 15.4. The molecule has 0 fully saturated rings. The van der Waals surface area contributed by atoms with Crippen LogP contribution in [0, 0.1) is 13.8 Å². The molecule has 0 bridgehead atoms. The minimum absolute atomic E-state index is 0.0697. The fourth-order valence-corrected chi connectivity index (χ4v) is 2.34. The summed E-state index contributed by atoms with van der Waals surface area (Å²) >= 11 is 1.38. The predicted molar refractivity (Wildman–Crippen MR) is 84.3 cm³/mol. The normalized spacial score (nSPS) is 12.0. The molecule has 6 nitrogen and oxygen atoms in total. The Morgan fingerprint density at radius 1 is 1.29 bits per heavy atom. The van der Waals surface area contributed by atoms with Gasteiger partial charge in [-0.15, -0.1) is 10.2 Å². The number of aromatic nitrogens is 4. The highest BCUT2D eigenvalue weighted by atomic mass is 32.1. The van der Waals surface area contributed by atoms with Crippen LogP contribution in [0.1, 0.15) is 43.0 Å². The zero-order valence-electron chi connectivity index (χ0n) is 12.8. The maximum Gasteiger partial charge on any atom is 0.250 e. The number of H-pyrrole nitrogens is 1. The number of aryl methyl sites for hydroxylation is 2. The minimum Gasteiger partial charge on any atom is -0.342 e. The molecule has 7 heteroatoms. The summed E-state index contributed by atoms with van der Waals surface area (Å²) in [6.45, 7) is 10.0. The molecule has 0 aliphatic rings. The Morgan fingerprint density at radius 2 is 2.00 bits per heavy atom. The van der Waals surface area contributed by atoms with E-state index in [9.17, 15) is 4.79 Å². The number of rotatable bonds is 3. The third kappa shape index (κ3) is 3.98. The molecule has 0 unspecified atom stereocenters. The lowest BCUT2D eigenvalue weighted by Gasteiger charge is -2.12. The Bertz CT molecular complexity index is 658. The van der Waals surface area contributed by atoms with Gasteiger partial charge in [0.2, 0.25) is 11.0 Å². The van der Waals surface area contributed by atoms with E-state index in [1.807, 2.05) is 13.8 Å². The van der Waals surface area contributed by atoms with Gasteiger partial charge in [-0.3, -0.25) is 10.1 Å². The molecule has 0 aromatic carbocycles. The highest BCUT2D eigenvalue weighted by Gasteiger charge is 2.19. The molecule has 0 spiro atoms. The molecule has 0 radical (unpaired) electrons. The number of carbonyl (C=O) groups is 1. The number of imidazole rings is 1. The van der Waals surface area contributed by atoms with Crippen LogP contribution in [-0.4, -0.2) is 26.1 Å². The van der Waals surface area contributed by atoms with Crippen LogP contribution in [0.15, 0.2) is 6.08 Å². The number of nitrogens with one attached hydrogen (secondary N) is 2. The van der Waals surface area contributed by atoms with Crippen LogP contribution in [0.4, 0.5) is 5.13 Å². The third-order valence-corrected chi connectivity index (χ3v) is 4.10. The summed E-state index contributed by atoms with van der Waals surface area (Å²) in [4.78, 5) is 19.2. The molecular formula is C14H19N5OS. The van der Waals surface area contributed by atoms with E-state index >= 15 is 0 Å². The average Bonchev–Trinajstić information content (AvgIpc) is 2.95. The van der Waals surface area contributed by atoms with Gasteiger partial charge in [-0.05, 0) is 19.9 Å². The molecule has 0 aliphatic carbocycles. The van der Waals surface area contributed by atoms with Crippen LogP contribution in [0.3, 0.4) is 0 Å². The summed E-state index contributed by atoms with van der Waals surface area (Å²) in [5, 5.41) is 12.2. The average molecular weight is 305 g/mol. The summed E-state index contributed by atoms with van der Waals surface area (Å²) in [5.74, 6) is 0.408. The van der Waals surface area contributed by atoms with Crippen molar-refractivity contribution in [1.82, 2.24) is 20.2 Å². The molecule has 2 aromatic heterocycles. The SMILES string of the molecule is Cc1nc(C=CC(=O)Nc2nnc(C(C)(C)C)s2)[nH]c1C. The minimum atomic E-state index is -0.252. The smallest absolute Gasteiger partial charge is 0.250 e. The van der Waals surface area contributed by atoms with E-state index in [4.69, 9.17) is 0 Å². The number of amides is 1. The molecule has 2 N–H and O–H groups in total. The molecule has 0 atom stereocenters. The second-order valence-corrected chi connectivity index (χ2v) is 6.79. The maximum atomic E-state index is 11.8. The Hall–Kier alpha value is -2.02. The number of hydrogen-bond acceptors (Lipinski definition) is 5. The van der Waals surface area contributed by atoms with E-state index in [-0.39, 0.29) is 11.3 Å². The standard InChI is InChI=1S/C14H19N5OS/c1-8-9(2)16-10(15-8)6-7-11(20)17-13-19-18-12(21-13)14(3,4)5/h6-7H,1-5H3,(H,15,16)(H,17,19,20). The number of nitrogens with zero attached hydrogens (tertiary/aromatic N) is 3. The van der Waals surface area contributed by atoms with E-state index in [1.54, 1.807) is 6.08 Å². The van der Waals surface area contributed by atoms with E-state index in [0.29, 0.717) is 11.0 Å². The molecule has 2 aromatic rings. The van der Waals surface area contributed by atoms with E-state index in [0.717, 1.165) is 16.4 Å². The van der Waals surface area contributed by atoms with Crippen molar-refractivity contribution in [3.63, 3.8) is 0 Å². The van der Waals surface area contributed by atoms with Crippen molar-refractivity contribution in [2.75, 3.05) is 5.32 Å². The quantitative estimate of drug-likeness (QED) is 0.854. The topological polar surface area (TPSA) is 83.6 Å². The largest absolute Gasteiger partial charge is 0.342 e. The Labute approximate surface area is 127 Å². The first-order valence-corrected chi connectivity index (χ1v) is 7.43. The van der Waals surface area contributed by atoms with Crippen LogP contribution in [-0.2, 0) is 10.2 Å². The Kier molecular flexibility index (Phi) is 4.22. The van der Waals surface area contributed by atoms with Gasteiger partial charge in [0.1, 0.15) is 10.8 Å². The zero-order valence-corrected chi connectivity index (χ0v) is 13.6. The second-order valence-electron chi connectivity index (χ2n) is 5.82. The van der Waals surface area contributed by atoms with Crippen molar-refractivity contribution in [2.24, 2.45) is 0 Å². The van der Waals surface area contributed by atoms with Gasteiger partial charge in [0, 0.05) is 17.2 Å². The molecule has 2 heterocycles. The fraction of sp³-hybridized carbons (Fsp3) is 0.429. The summed E-state index contributed by atoms with van der Waals surface area (Å²) < 4.78 is 0. The summed E-state index contributed by atoms with van der Waals surface area (Å²) in [6.07, 6.45) is 3.07. The van der Waals surface area contributed by atoms with Crippen LogP contribution in [0.2, 0.25) is 0 Å². The van der Waals surface area contributed by atoms with Gasteiger partial charge in [0.05, 0.1) is 5.69 Å². The number of carbonyl (C=O) groups excluding carboxylic acids is 1. The second kappa shape index (κ2) is 5.77. The first-order chi connectivity index (χ1) is 9.75. The van der Waals surface area contributed by atoms with Gasteiger partial charge >= 0.3 is 0 Å². The number of anilines is 1. The molecule has 0 saturated heterocycles. The lowest BCUT2D eigenvalue weighted by atomic mass is 9.98. The number of hydrogen-bond donors (Lipinski definition) is 2. The van der Waals surface area contributed by atoms with Crippen LogP contribution < -0.4 is 5.32 Å². The van der Waals surface area contributed by atoms with Gasteiger partial charge in [-0.25, -0.2) is 4.98 Å². The van der Waals surface area contributed by atoms with E-state index in [2.05, 4.69) is 46.3 Å². The van der Waals surface area contributed by atoms with Gasteiger partial charge in [-0.2, -0.15) is 0 Å². The van der Waals surface area contributed by atoms with Crippen molar-refractivity contribution in [3.8, 4) is 0 Å². The predicted octanol–water partition coefficient (Wildman–Crippen LogP) is 2.83. The van der Waals surface area contributed by atoms with Crippen molar-refractivity contribution in [2.45, 2.75) is 40.0 Å². The van der Waals surface area contributed by atoms with Crippen molar-refractivity contribution in [1.29, 1.82) is 0 Å². The van der Waals surface area contributed by atoms with Gasteiger partial charge in [0.25, 0.3) is 0 Å². The monoisotopic (exact) mass is 305 g/mol. The van der Waals surface area contributed by atoms with Crippen molar-refractivity contribution >= 4 is 28.5 Å². The lowest BCUT2D eigenvalue weighted by molar-refractivity contribution is -0.111. The van der Waals surface area contributed by atoms with Crippen molar-refractivity contribution in [3.05, 3.63) is 28.3 Å². The lowest BCUT2D eigenvalue weighted by Crippen LogP contribution is -2.10. The van der Waals surface area contributed by atoms with Gasteiger partial charge < -0.3 is 4.98 Å². The molecular weight excluding hydrogens is 286 g/mol. The molecule has 0 aliphatic heterocycles. The van der Waals surface area contributed by atoms with Crippen LogP contribution >= 0.6 is 11.3 Å². The van der Waals surface area contributed by atoms with Crippen LogP contribution in [0.25, 0.3) is 6.08 Å². The summed E-state index contributed by atoms with van der Waals surface area (Å²) in [6, 6.07) is 0. The first-order valence-electron chi connectivity index (χ1n) is 6.62. The fourth-order valence-electron chi connectivity index (χ4n) is 1.53. The Morgan fingerprint density at radius 3 is 2.52 bits per heavy atom. The molecule has 112 valence electrons. The highest BCUT2D eigenvalue weighted by Crippen LogP contribution is 2.27. The number of aromatic amines is 1. The van der Waals surface area contributed by atoms with E-state index in [1.165, 1.54) is 17.4 Å². The van der Waals surface area contributed by atoms with Gasteiger partial charge in [0.15, 0.2) is 0 Å². The summed E-state index contributed by atoms with van der Waals surface area (Å²) in [5.41, 5.74) is 1.85.